The zero-order valence-corrected chi connectivity index (χ0v) is 10.3. The summed E-state index contributed by atoms with van der Waals surface area (Å²) < 4.78 is 4.54. The Morgan fingerprint density at radius 1 is 1.44 bits per heavy atom. The number of hydrogen-bond donors (Lipinski definition) is 1. The first-order valence-corrected chi connectivity index (χ1v) is 5.25. The lowest BCUT2D eigenvalue weighted by Gasteiger charge is -2.01. The molecule has 0 saturated carbocycles. The topological polar surface area (TPSA) is 68.6 Å². The van der Waals surface area contributed by atoms with Gasteiger partial charge in [-0.15, -0.1) is 0 Å². The molecule has 16 heavy (non-hydrogen) atoms. The molecule has 1 unspecified atom stereocenters. The fourth-order valence-corrected chi connectivity index (χ4v) is 0.593. The average Bonchev–Trinajstić information content (AvgIpc) is 3.02. The van der Waals surface area contributed by atoms with Crippen molar-refractivity contribution in [1.29, 1.82) is 0 Å². The fourth-order valence-electron chi connectivity index (χ4n) is 0.593. The van der Waals surface area contributed by atoms with Crippen LogP contribution < -0.4 is 5.32 Å². The summed E-state index contributed by atoms with van der Waals surface area (Å²) in [6.07, 6.45) is 2.50. The number of methoxy groups -OCH3 is 1. The maximum atomic E-state index is 10.4. The van der Waals surface area contributed by atoms with E-state index in [0.29, 0.717) is 0 Å². The molecule has 2 amide bonds. The van der Waals surface area contributed by atoms with Gasteiger partial charge in [-0.25, -0.2) is 0 Å². The highest BCUT2D eigenvalue weighted by atomic mass is 16.5. The Balaban J connectivity index is 0.000000237. The van der Waals surface area contributed by atoms with Crippen molar-refractivity contribution < 1.29 is 14.3 Å². The molecule has 2 rings (SSSR count). The number of ether oxygens (including phenoxy) is 1. The lowest BCUT2D eigenvalue weighted by Crippen LogP contribution is -2.24. The monoisotopic (exact) mass is 228 g/mol. The summed E-state index contributed by atoms with van der Waals surface area (Å²) in [7, 11) is 3.13. The molecule has 1 atom stereocenters. The predicted molar refractivity (Wildman–Crippen MR) is 61.9 cm³/mol. The van der Waals surface area contributed by atoms with E-state index in [1.54, 1.807) is 7.11 Å². The van der Waals surface area contributed by atoms with Crippen LogP contribution in [0.4, 0.5) is 0 Å². The number of likely N-dealkylation sites (N-methyl/N-ethyl adjacent to an activating group) is 1. The first-order chi connectivity index (χ1) is 7.52. The van der Waals surface area contributed by atoms with Crippen molar-refractivity contribution in [2.24, 2.45) is 0 Å². The molecule has 1 N–H and O–H groups in total. The minimum Gasteiger partial charge on any atom is -0.385 e. The molecule has 0 aromatic rings. The molecule has 2 aliphatic heterocycles. The second-order valence-electron chi connectivity index (χ2n) is 3.46. The molecule has 0 aliphatic carbocycles. The van der Waals surface area contributed by atoms with Crippen molar-refractivity contribution >= 4 is 11.8 Å². The Bertz CT molecular complexity index is 240. The summed E-state index contributed by atoms with van der Waals surface area (Å²) in [5.41, 5.74) is 0. The molecule has 0 spiro atoms. The number of imide groups is 1. The van der Waals surface area contributed by atoms with Gasteiger partial charge < -0.3 is 10.1 Å². The van der Waals surface area contributed by atoms with Crippen molar-refractivity contribution in [3.8, 4) is 0 Å². The molecule has 1 saturated heterocycles. The van der Waals surface area contributed by atoms with Crippen LogP contribution in [-0.4, -0.2) is 50.1 Å². The minimum absolute atomic E-state index is 0.241. The second-order valence-corrected chi connectivity index (χ2v) is 3.46. The van der Waals surface area contributed by atoms with Gasteiger partial charge in [0.15, 0.2) is 0 Å². The van der Waals surface area contributed by atoms with Crippen LogP contribution >= 0.6 is 0 Å². The lowest BCUT2D eigenvalue weighted by molar-refractivity contribution is -0.135. The van der Waals surface area contributed by atoms with E-state index in [0.717, 1.165) is 17.5 Å². The van der Waals surface area contributed by atoms with Crippen molar-refractivity contribution in [2.75, 3.05) is 27.3 Å². The summed E-state index contributed by atoms with van der Waals surface area (Å²) in [5, 5.41) is 3.10. The Hall–Kier alpha value is -1.20. The van der Waals surface area contributed by atoms with Gasteiger partial charge in [-0.05, 0) is 13.8 Å². The van der Waals surface area contributed by atoms with Gasteiger partial charge in [-0.3, -0.25) is 14.5 Å². The molecule has 2 aliphatic rings. The van der Waals surface area contributed by atoms with Crippen LogP contribution in [0.2, 0.25) is 0 Å². The van der Waals surface area contributed by atoms with E-state index in [1.165, 1.54) is 25.7 Å². The van der Waals surface area contributed by atoms with E-state index < -0.39 is 0 Å². The molecule has 0 aromatic carbocycles. The number of carbonyl (C=O) groups is 2. The summed E-state index contributed by atoms with van der Waals surface area (Å²) in [6.45, 7) is 6.18. The molecule has 0 aromatic heterocycles. The number of amides is 2. The number of nitrogens with one attached hydrogen (secondary N) is 1. The van der Waals surface area contributed by atoms with Crippen LogP contribution in [0, 0.1) is 0 Å². The molecule has 5 nitrogen and oxygen atoms in total. The van der Waals surface area contributed by atoms with Gasteiger partial charge >= 0.3 is 0 Å². The van der Waals surface area contributed by atoms with Crippen LogP contribution in [-0.2, 0) is 14.3 Å². The number of carbonyl (C=O) groups excluding carboxylic acids is 2. The maximum absolute atomic E-state index is 10.4. The highest BCUT2D eigenvalue weighted by Gasteiger charge is 2.17. The van der Waals surface area contributed by atoms with Gasteiger partial charge in [-0.2, -0.15) is 0 Å². The fraction of sp³-hybridized carbons (Fsp3) is 0.636. The number of nitrogens with zero attached hydrogens (tertiary/aromatic N) is 1. The van der Waals surface area contributed by atoms with Gasteiger partial charge in [0.2, 0.25) is 0 Å². The molecule has 0 bridgehead atoms. The smallest absolute Gasteiger partial charge is 0.253 e. The SMILES string of the molecule is CC1CN1.CCOC.CN1C(=O)C=CC1=O. The van der Waals surface area contributed by atoms with Crippen molar-refractivity contribution in [1.82, 2.24) is 10.2 Å². The molecular formula is C11H20N2O3. The summed E-state index contributed by atoms with van der Waals surface area (Å²) in [5.74, 6) is -0.481. The summed E-state index contributed by atoms with van der Waals surface area (Å²) in [6, 6.07) is 0.833. The highest BCUT2D eigenvalue weighted by Crippen LogP contribution is 1.97. The van der Waals surface area contributed by atoms with Gasteiger partial charge in [0.25, 0.3) is 11.8 Å². The van der Waals surface area contributed by atoms with Crippen LogP contribution in [0.15, 0.2) is 12.2 Å². The average molecular weight is 228 g/mol. The quantitative estimate of drug-likeness (QED) is 0.513. The van der Waals surface area contributed by atoms with Crippen molar-refractivity contribution in [2.45, 2.75) is 19.9 Å². The van der Waals surface area contributed by atoms with Gasteiger partial charge in [0.1, 0.15) is 0 Å². The lowest BCUT2D eigenvalue weighted by atomic mass is 10.6. The summed E-state index contributed by atoms with van der Waals surface area (Å²) >= 11 is 0. The standard InChI is InChI=1S/C5H5NO2.C3H7N.C3H8O/c1-6-4(7)2-3-5(6)8;1-3-2-4-3;1-3-4-2/h2-3H,1H3;3-4H,2H2,1H3;3H2,1-2H3. The zero-order valence-electron chi connectivity index (χ0n) is 10.3. The van der Waals surface area contributed by atoms with E-state index in [-0.39, 0.29) is 11.8 Å². The number of hydrogen-bond acceptors (Lipinski definition) is 4. The minimum atomic E-state index is -0.241. The first-order valence-electron chi connectivity index (χ1n) is 5.25. The normalized spacial score (nSPS) is 21.0. The third-order valence-corrected chi connectivity index (χ3v) is 1.93. The van der Waals surface area contributed by atoms with Gasteiger partial charge in [0, 0.05) is 45.5 Å². The summed E-state index contributed by atoms with van der Waals surface area (Å²) in [4.78, 5) is 21.9. The highest BCUT2D eigenvalue weighted by molar-refractivity contribution is 6.12. The van der Waals surface area contributed by atoms with Crippen LogP contribution in [0.25, 0.3) is 0 Å². The Labute approximate surface area is 96.4 Å². The molecule has 2 heterocycles. The van der Waals surface area contributed by atoms with Gasteiger partial charge in [-0.1, -0.05) is 0 Å². The van der Waals surface area contributed by atoms with Crippen LogP contribution in [0.3, 0.4) is 0 Å². The van der Waals surface area contributed by atoms with Crippen molar-refractivity contribution in [3.05, 3.63) is 12.2 Å². The van der Waals surface area contributed by atoms with Crippen LogP contribution in [0.5, 0.6) is 0 Å². The van der Waals surface area contributed by atoms with E-state index in [4.69, 9.17) is 0 Å². The largest absolute Gasteiger partial charge is 0.385 e. The Kier molecular flexibility index (Phi) is 7.41. The second kappa shape index (κ2) is 8.01. The molecular weight excluding hydrogens is 208 g/mol. The predicted octanol–water partition coefficient (Wildman–Crippen LogP) is 0.172. The van der Waals surface area contributed by atoms with E-state index >= 15 is 0 Å². The molecule has 92 valence electrons. The number of rotatable bonds is 1. The van der Waals surface area contributed by atoms with Crippen LogP contribution in [0.1, 0.15) is 13.8 Å². The Morgan fingerprint density at radius 2 is 1.75 bits per heavy atom. The van der Waals surface area contributed by atoms with Gasteiger partial charge in [0.05, 0.1) is 0 Å². The third-order valence-electron chi connectivity index (χ3n) is 1.93. The zero-order chi connectivity index (χ0) is 12.6. The molecule has 5 heteroatoms. The molecule has 1 fully saturated rings. The Morgan fingerprint density at radius 3 is 1.81 bits per heavy atom. The molecule has 0 radical (unpaired) electrons. The maximum Gasteiger partial charge on any atom is 0.253 e. The van der Waals surface area contributed by atoms with Crippen molar-refractivity contribution in [3.63, 3.8) is 0 Å². The van der Waals surface area contributed by atoms with E-state index in [1.807, 2.05) is 6.92 Å². The van der Waals surface area contributed by atoms with E-state index in [9.17, 15) is 9.59 Å². The third kappa shape index (κ3) is 7.14. The van der Waals surface area contributed by atoms with E-state index in [2.05, 4.69) is 17.0 Å². The first kappa shape index (κ1) is 14.8.